The Kier molecular flexibility index (Phi) is 2.67. The minimum Gasteiger partial charge on any atom is -0.0985 e. The Bertz CT molecular complexity index is 252. The lowest BCUT2D eigenvalue weighted by atomic mass is 10.1. The maximum Gasteiger partial charge on any atom is -0.0260 e. The molecule has 0 saturated carbocycles. The molecule has 0 fully saturated rings. The molecule has 1 rings (SSSR count). The summed E-state index contributed by atoms with van der Waals surface area (Å²) in [5, 5.41) is 0. The van der Waals surface area contributed by atoms with Gasteiger partial charge in [0.05, 0.1) is 0 Å². The second kappa shape index (κ2) is 3.77. The largest absolute Gasteiger partial charge is 0.0985 e. The molecule has 11 heavy (non-hydrogen) atoms. The maximum atomic E-state index is 3.69. The van der Waals surface area contributed by atoms with Crippen LogP contribution in [-0.2, 0) is 0 Å². The van der Waals surface area contributed by atoms with Crippen molar-refractivity contribution >= 4 is 12.2 Å². The summed E-state index contributed by atoms with van der Waals surface area (Å²) in [5.41, 5.74) is 2.40. The van der Waals surface area contributed by atoms with Crippen molar-refractivity contribution in [3.8, 4) is 0 Å². The van der Waals surface area contributed by atoms with Gasteiger partial charge in [-0.05, 0) is 18.1 Å². The molecule has 0 amide bonds. The van der Waals surface area contributed by atoms with Crippen molar-refractivity contribution in [2.75, 3.05) is 0 Å². The number of benzene rings is 1. The Morgan fingerprint density at radius 2 is 1.64 bits per heavy atom. The molecule has 0 nitrogen and oxygen atoms in total. The van der Waals surface area contributed by atoms with Crippen molar-refractivity contribution < 1.29 is 0 Å². The van der Waals surface area contributed by atoms with Gasteiger partial charge >= 0.3 is 0 Å². The van der Waals surface area contributed by atoms with Crippen molar-refractivity contribution in [1.29, 1.82) is 0 Å². The molecule has 0 heterocycles. The van der Waals surface area contributed by atoms with Crippen LogP contribution in [0.25, 0.3) is 12.2 Å². The van der Waals surface area contributed by atoms with E-state index in [4.69, 9.17) is 0 Å². The van der Waals surface area contributed by atoms with Crippen LogP contribution in [0.15, 0.2) is 36.9 Å². The summed E-state index contributed by atoms with van der Waals surface area (Å²) in [5.74, 6) is 0. The van der Waals surface area contributed by atoms with Gasteiger partial charge in [-0.1, -0.05) is 49.1 Å². The van der Waals surface area contributed by atoms with Crippen LogP contribution in [0.1, 0.15) is 18.1 Å². The summed E-state index contributed by atoms with van der Waals surface area (Å²) in [7, 11) is 0. The highest BCUT2D eigenvalue weighted by molar-refractivity contribution is 5.54. The minimum absolute atomic E-state index is 1.17. The van der Waals surface area contributed by atoms with Gasteiger partial charge in [-0.2, -0.15) is 0 Å². The van der Waals surface area contributed by atoms with Gasteiger partial charge < -0.3 is 0 Å². The summed E-state index contributed by atoms with van der Waals surface area (Å²) < 4.78 is 0. The van der Waals surface area contributed by atoms with E-state index in [0.717, 1.165) is 0 Å². The number of hydrogen-bond donors (Lipinski definition) is 0. The third-order valence-corrected chi connectivity index (χ3v) is 1.53. The molecule has 0 aliphatic rings. The van der Waals surface area contributed by atoms with Gasteiger partial charge in [0.15, 0.2) is 0 Å². The van der Waals surface area contributed by atoms with E-state index >= 15 is 0 Å². The second-order valence-electron chi connectivity index (χ2n) is 2.37. The Hall–Kier alpha value is -1.30. The zero-order valence-corrected chi connectivity index (χ0v) is 6.75. The zero-order chi connectivity index (χ0) is 8.10. The molecular weight excluding hydrogens is 132 g/mol. The van der Waals surface area contributed by atoms with Crippen LogP contribution in [-0.4, -0.2) is 0 Å². The quantitative estimate of drug-likeness (QED) is 0.597. The van der Waals surface area contributed by atoms with Crippen LogP contribution < -0.4 is 0 Å². The van der Waals surface area contributed by atoms with E-state index in [2.05, 4.69) is 36.9 Å². The van der Waals surface area contributed by atoms with Gasteiger partial charge in [0.1, 0.15) is 0 Å². The molecule has 0 aliphatic carbocycles. The van der Waals surface area contributed by atoms with Crippen LogP contribution in [0.3, 0.4) is 0 Å². The van der Waals surface area contributed by atoms with Crippen molar-refractivity contribution in [2.24, 2.45) is 0 Å². The predicted molar refractivity (Wildman–Crippen MR) is 51.2 cm³/mol. The molecule has 0 unspecified atom stereocenters. The van der Waals surface area contributed by atoms with Crippen molar-refractivity contribution in [3.05, 3.63) is 48.0 Å². The topological polar surface area (TPSA) is 0 Å². The fourth-order valence-electron chi connectivity index (χ4n) is 0.936. The molecule has 1 aromatic rings. The molecule has 0 saturated heterocycles. The average Bonchev–Trinajstić information content (AvgIpc) is 2.07. The Balaban J connectivity index is 2.91. The Labute approximate surface area is 67.9 Å². The van der Waals surface area contributed by atoms with Gasteiger partial charge in [-0.15, -0.1) is 0 Å². The smallest absolute Gasteiger partial charge is 0.0260 e. The van der Waals surface area contributed by atoms with Gasteiger partial charge in [-0.25, -0.2) is 0 Å². The molecule has 0 N–H and O–H groups in total. The molecule has 0 aliphatic heterocycles. The summed E-state index contributed by atoms with van der Waals surface area (Å²) >= 11 is 0. The fraction of sp³-hybridized carbons (Fsp3) is 0.0909. The number of rotatable bonds is 2. The monoisotopic (exact) mass is 144 g/mol. The van der Waals surface area contributed by atoms with Crippen LogP contribution in [0.4, 0.5) is 0 Å². The highest BCUT2D eigenvalue weighted by atomic mass is 13.9. The lowest BCUT2D eigenvalue weighted by molar-refractivity contribution is 1.61. The highest BCUT2D eigenvalue weighted by Crippen LogP contribution is 2.06. The normalized spacial score (nSPS) is 10.3. The summed E-state index contributed by atoms with van der Waals surface area (Å²) in [6, 6.07) is 8.28. The molecule has 0 heteroatoms. The SMILES string of the molecule is C=Cc1ccc(/C=C/C)cc1. The van der Waals surface area contributed by atoms with Crippen molar-refractivity contribution in [2.45, 2.75) is 6.92 Å². The molecule has 0 bridgehead atoms. The van der Waals surface area contributed by atoms with E-state index in [-0.39, 0.29) is 0 Å². The van der Waals surface area contributed by atoms with Crippen LogP contribution in [0.5, 0.6) is 0 Å². The summed E-state index contributed by atoms with van der Waals surface area (Å²) in [4.78, 5) is 0. The van der Waals surface area contributed by atoms with Crippen molar-refractivity contribution in [3.63, 3.8) is 0 Å². The van der Waals surface area contributed by atoms with E-state index in [1.807, 2.05) is 19.1 Å². The van der Waals surface area contributed by atoms with Crippen molar-refractivity contribution in [1.82, 2.24) is 0 Å². The van der Waals surface area contributed by atoms with E-state index < -0.39 is 0 Å². The first-order valence-electron chi connectivity index (χ1n) is 3.72. The molecule has 56 valence electrons. The maximum absolute atomic E-state index is 3.69. The molecule has 0 aromatic heterocycles. The lowest BCUT2D eigenvalue weighted by Crippen LogP contribution is -1.72. The molecule has 0 atom stereocenters. The molecule has 1 aromatic carbocycles. The van der Waals surface area contributed by atoms with Crippen LogP contribution in [0, 0.1) is 0 Å². The first-order valence-corrected chi connectivity index (χ1v) is 3.72. The number of allylic oxidation sites excluding steroid dienone is 1. The van der Waals surface area contributed by atoms with E-state index in [1.54, 1.807) is 0 Å². The molecule has 0 spiro atoms. The first kappa shape index (κ1) is 7.80. The standard InChI is InChI=1S/C11H12/c1-3-5-11-8-6-10(4-2)7-9-11/h3-9H,2H2,1H3/b5-3+. The van der Waals surface area contributed by atoms with Gasteiger partial charge in [0.2, 0.25) is 0 Å². The van der Waals surface area contributed by atoms with Gasteiger partial charge in [-0.3, -0.25) is 0 Å². The van der Waals surface area contributed by atoms with E-state index in [9.17, 15) is 0 Å². The molecular formula is C11H12. The van der Waals surface area contributed by atoms with Crippen LogP contribution >= 0.6 is 0 Å². The molecule has 0 radical (unpaired) electrons. The van der Waals surface area contributed by atoms with Gasteiger partial charge in [0, 0.05) is 0 Å². The third-order valence-electron chi connectivity index (χ3n) is 1.53. The fourth-order valence-corrected chi connectivity index (χ4v) is 0.936. The lowest BCUT2D eigenvalue weighted by Gasteiger charge is -1.93. The third kappa shape index (κ3) is 2.08. The Morgan fingerprint density at radius 3 is 2.09 bits per heavy atom. The average molecular weight is 144 g/mol. The number of hydrogen-bond acceptors (Lipinski definition) is 0. The first-order chi connectivity index (χ1) is 5.36. The van der Waals surface area contributed by atoms with E-state index in [1.165, 1.54) is 11.1 Å². The second-order valence-corrected chi connectivity index (χ2v) is 2.37. The van der Waals surface area contributed by atoms with Gasteiger partial charge in [0.25, 0.3) is 0 Å². The minimum atomic E-state index is 1.17. The zero-order valence-electron chi connectivity index (χ0n) is 6.75. The van der Waals surface area contributed by atoms with Crippen LogP contribution in [0.2, 0.25) is 0 Å². The predicted octanol–water partition coefficient (Wildman–Crippen LogP) is 3.36. The van der Waals surface area contributed by atoms with E-state index in [0.29, 0.717) is 0 Å². The Morgan fingerprint density at radius 1 is 1.09 bits per heavy atom. The summed E-state index contributed by atoms with van der Waals surface area (Å²) in [6.07, 6.45) is 5.95. The highest BCUT2D eigenvalue weighted by Gasteiger charge is 1.85. The summed E-state index contributed by atoms with van der Waals surface area (Å²) in [6.45, 7) is 5.70.